The van der Waals surface area contributed by atoms with Crippen LogP contribution in [0.25, 0.3) is 22.2 Å². The number of carbonyl (C=O) groups excluding carboxylic acids is 2. The van der Waals surface area contributed by atoms with Crippen LogP contribution in [-0.2, 0) is 21.7 Å². The number of aryl methyl sites for hydroxylation is 1. The lowest BCUT2D eigenvalue weighted by Gasteiger charge is -2.30. The van der Waals surface area contributed by atoms with E-state index in [1.807, 2.05) is 68.4 Å². The molecule has 0 saturated carbocycles. The van der Waals surface area contributed by atoms with Crippen LogP contribution < -0.4 is 16.0 Å². The highest BCUT2D eigenvalue weighted by molar-refractivity contribution is 5.94. The van der Waals surface area contributed by atoms with Crippen molar-refractivity contribution in [3.05, 3.63) is 95.6 Å². The maximum Gasteiger partial charge on any atom is 0.266 e. The van der Waals surface area contributed by atoms with Crippen LogP contribution in [0.1, 0.15) is 43.4 Å². The number of hydroxylamine groups is 1. The first-order valence-electron chi connectivity index (χ1n) is 13.9. The van der Waals surface area contributed by atoms with Crippen molar-refractivity contribution in [3.63, 3.8) is 0 Å². The summed E-state index contributed by atoms with van der Waals surface area (Å²) in [5, 5.41) is 10.3. The third kappa shape index (κ3) is 5.80. The summed E-state index contributed by atoms with van der Waals surface area (Å²) < 4.78 is 6.20. The van der Waals surface area contributed by atoms with Crippen LogP contribution in [0.4, 0.5) is 0 Å². The van der Waals surface area contributed by atoms with Gasteiger partial charge in [-0.1, -0.05) is 67.9 Å². The first-order chi connectivity index (χ1) is 19.7. The zero-order valence-corrected chi connectivity index (χ0v) is 23.6. The van der Waals surface area contributed by atoms with Crippen LogP contribution >= 0.6 is 0 Å². The number of nitrogens with zero attached hydrogens (tertiary/aromatic N) is 2. The number of rotatable bonds is 9. The Morgan fingerprint density at radius 3 is 2.56 bits per heavy atom. The second kappa shape index (κ2) is 11.7. The molecule has 2 heterocycles. The Kier molecular flexibility index (Phi) is 8.06. The lowest BCUT2D eigenvalue weighted by molar-refractivity contribution is -0.144. The molecular weight excluding hydrogens is 516 g/mol. The smallest absolute Gasteiger partial charge is 0.266 e. The van der Waals surface area contributed by atoms with Gasteiger partial charge < -0.3 is 15.4 Å². The van der Waals surface area contributed by atoms with Gasteiger partial charge in [-0.3, -0.25) is 14.8 Å². The Bertz CT molecular complexity index is 1570. The minimum absolute atomic E-state index is 0.153. The van der Waals surface area contributed by atoms with Gasteiger partial charge >= 0.3 is 0 Å². The van der Waals surface area contributed by atoms with Crippen LogP contribution in [0, 0.1) is 12.8 Å². The zero-order chi connectivity index (χ0) is 29.1. The monoisotopic (exact) mass is 552 g/mol. The molecule has 0 radical (unpaired) electrons. The molecule has 1 aliphatic rings. The van der Waals surface area contributed by atoms with Gasteiger partial charge in [0, 0.05) is 23.1 Å². The predicted molar refractivity (Wildman–Crippen MR) is 158 cm³/mol. The molecule has 212 valence electrons. The molecule has 1 saturated heterocycles. The fraction of sp³-hybridized carbons (Fsp3) is 0.303. The number of para-hydroxylation sites is 1. The van der Waals surface area contributed by atoms with E-state index < -0.39 is 17.5 Å². The number of likely N-dealkylation sites (tertiary alicyclic amines) is 1. The van der Waals surface area contributed by atoms with Gasteiger partial charge in [0.1, 0.15) is 23.9 Å². The van der Waals surface area contributed by atoms with Crippen molar-refractivity contribution in [1.29, 1.82) is 0 Å². The summed E-state index contributed by atoms with van der Waals surface area (Å²) >= 11 is 0. The average Bonchev–Trinajstić information content (AvgIpc) is 3.28. The Morgan fingerprint density at radius 2 is 1.85 bits per heavy atom. The lowest BCUT2D eigenvalue weighted by atomic mass is 9.89. The molecule has 1 aliphatic heterocycles. The summed E-state index contributed by atoms with van der Waals surface area (Å²) in [6.45, 7) is 6.66. The second-order valence-electron chi connectivity index (χ2n) is 11.2. The summed E-state index contributed by atoms with van der Waals surface area (Å²) in [5.74, 6) is -0.128. The van der Waals surface area contributed by atoms with Gasteiger partial charge in [0.25, 0.3) is 5.91 Å². The molecule has 0 unspecified atom stereocenters. The van der Waals surface area contributed by atoms with Gasteiger partial charge in [0.2, 0.25) is 5.91 Å². The van der Waals surface area contributed by atoms with E-state index in [1.54, 1.807) is 5.48 Å². The molecule has 3 aromatic carbocycles. The van der Waals surface area contributed by atoms with E-state index in [1.165, 1.54) is 10.5 Å². The first-order valence-corrected chi connectivity index (χ1v) is 13.9. The Labute approximate surface area is 240 Å². The minimum atomic E-state index is -1.26. The molecule has 2 amide bonds. The lowest BCUT2D eigenvalue weighted by Crippen LogP contribution is -2.52. The summed E-state index contributed by atoms with van der Waals surface area (Å²) in [7, 11) is 0. The summed E-state index contributed by atoms with van der Waals surface area (Å²) in [6, 6.07) is 24.8. The fourth-order valence-electron chi connectivity index (χ4n) is 5.55. The maximum absolute atomic E-state index is 13.5. The topological polar surface area (TPSA) is 118 Å². The van der Waals surface area contributed by atoms with Crippen molar-refractivity contribution >= 4 is 22.7 Å². The van der Waals surface area contributed by atoms with Gasteiger partial charge in [0.05, 0.1) is 11.2 Å². The van der Waals surface area contributed by atoms with Crippen LogP contribution in [0.3, 0.4) is 0 Å². The zero-order valence-electron chi connectivity index (χ0n) is 23.6. The van der Waals surface area contributed by atoms with Gasteiger partial charge in [-0.2, -0.15) is 0 Å². The summed E-state index contributed by atoms with van der Waals surface area (Å²) in [4.78, 5) is 32.2. The molecule has 41 heavy (non-hydrogen) atoms. The number of amides is 2. The van der Waals surface area contributed by atoms with E-state index in [9.17, 15) is 14.8 Å². The number of benzene rings is 3. The first kappa shape index (κ1) is 28.3. The third-order valence-electron chi connectivity index (χ3n) is 7.75. The molecule has 4 N–H and O–H groups in total. The van der Waals surface area contributed by atoms with Crippen molar-refractivity contribution in [1.82, 2.24) is 15.4 Å². The Balaban J connectivity index is 1.34. The quantitative estimate of drug-likeness (QED) is 0.197. The van der Waals surface area contributed by atoms with E-state index >= 15 is 0 Å². The Hall–Kier alpha value is -4.27. The van der Waals surface area contributed by atoms with E-state index in [0.29, 0.717) is 37.3 Å². The molecule has 8 heteroatoms. The normalized spacial score (nSPS) is 17.7. The molecule has 0 aliphatic carbocycles. The van der Waals surface area contributed by atoms with Crippen LogP contribution in [0.15, 0.2) is 78.9 Å². The molecule has 0 bridgehead atoms. The van der Waals surface area contributed by atoms with Gasteiger partial charge in [-0.05, 0) is 61.6 Å². The van der Waals surface area contributed by atoms with E-state index in [0.717, 1.165) is 27.7 Å². The predicted octanol–water partition coefficient (Wildman–Crippen LogP) is 5.10. The van der Waals surface area contributed by atoms with E-state index in [4.69, 9.17) is 15.5 Å². The van der Waals surface area contributed by atoms with Crippen molar-refractivity contribution in [3.8, 4) is 17.0 Å². The molecule has 1 aromatic heterocycles. The molecule has 4 aromatic rings. The van der Waals surface area contributed by atoms with Crippen molar-refractivity contribution in [2.24, 2.45) is 11.7 Å². The Morgan fingerprint density at radius 1 is 1.10 bits per heavy atom. The SMILES string of the molecule is Cc1cccc(-c2cc(COc3ccc([C@]4(N)CCN([C@H](CC(C)C)C(=O)NO)C4=O)cc3)c3ccccc3n2)c1. The number of ether oxygens (including phenoxy) is 1. The number of pyridine rings is 1. The number of carbonyl (C=O) groups is 2. The maximum atomic E-state index is 13.5. The van der Waals surface area contributed by atoms with E-state index in [2.05, 4.69) is 31.2 Å². The van der Waals surface area contributed by atoms with Crippen molar-refractivity contribution in [2.75, 3.05) is 6.54 Å². The number of hydrogen-bond donors (Lipinski definition) is 3. The van der Waals surface area contributed by atoms with Crippen LogP contribution in [0.2, 0.25) is 0 Å². The van der Waals surface area contributed by atoms with Crippen LogP contribution in [-0.4, -0.2) is 39.5 Å². The molecule has 8 nitrogen and oxygen atoms in total. The molecule has 2 atom stereocenters. The van der Waals surface area contributed by atoms with Gasteiger partial charge in [0.15, 0.2) is 0 Å². The van der Waals surface area contributed by atoms with Gasteiger partial charge in [-0.15, -0.1) is 0 Å². The highest BCUT2D eigenvalue weighted by Crippen LogP contribution is 2.34. The molecular formula is C33H36N4O4. The highest BCUT2D eigenvalue weighted by Gasteiger charge is 2.48. The van der Waals surface area contributed by atoms with Crippen molar-refractivity contribution in [2.45, 2.75) is 51.8 Å². The number of nitrogens with one attached hydrogen (secondary N) is 1. The largest absolute Gasteiger partial charge is 0.489 e. The number of nitrogens with two attached hydrogens (primary N) is 1. The van der Waals surface area contributed by atoms with Crippen LogP contribution in [0.5, 0.6) is 5.75 Å². The van der Waals surface area contributed by atoms with E-state index in [-0.39, 0.29) is 11.8 Å². The summed E-state index contributed by atoms with van der Waals surface area (Å²) in [6.07, 6.45) is 0.792. The second-order valence-corrected chi connectivity index (χ2v) is 11.2. The van der Waals surface area contributed by atoms with Crippen molar-refractivity contribution < 1.29 is 19.5 Å². The average molecular weight is 553 g/mol. The standard InChI is InChI=1S/C33H36N4O4/c1-21(2)17-30(31(38)36-40)37-16-15-33(34,32(37)39)25-11-13-26(14-12-25)41-20-24-19-29(23-8-6-7-22(3)18-23)35-28-10-5-4-9-27(24)28/h4-14,18-19,21,30,40H,15-17,20,34H2,1-3H3,(H,36,38)/t30-,33-/m1/s1. The molecule has 5 rings (SSSR count). The fourth-order valence-corrected chi connectivity index (χ4v) is 5.55. The molecule has 0 spiro atoms. The number of aromatic nitrogens is 1. The third-order valence-corrected chi connectivity index (χ3v) is 7.75. The number of hydrogen-bond acceptors (Lipinski definition) is 6. The number of fused-ring (bicyclic) bond motifs is 1. The van der Waals surface area contributed by atoms with Gasteiger partial charge in [-0.25, -0.2) is 10.5 Å². The minimum Gasteiger partial charge on any atom is -0.489 e. The highest BCUT2D eigenvalue weighted by atomic mass is 16.5. The molecule has 1 fully saturated rings. The summed E-state index contributed by atoms with van der Waals surface area (Å²) in [5.41, 5.74) is 12.8.